The van der Waals surface area contributed by atoms with Crippen molar-refractivity contribution in [2.45, 2.75) is 81.6 Å². The van der Waals surface area contributed by atoms with Crippen LogP contribution in [0.4, 0.5) is 5.95 Å². The molecule has 0 bridgehead atoms. The molecule has 1 unspecified atom stereocenters. The molecule has 0 radical (unpaired) electrons. The lowest BCUT2D eigenvalue weighted by molar-refractivity contribution is -0.0514. The largest absolute Gasteiger partial charge is 0.504 e. The lowest BCUT2D eigenvalue weighted by Gasteiger charge is -2.51. The van der Waals surface area contributed by atoms with E-state index in [1.165, 1.54) is 6.33 Å². The van der Waals surface area contributed by atoms with Crippen LogP contribution in [0.3, 0.4) is 0 Å². The fourth-order valence-electron chi connectivity index (χ4n) is 8.18. The molecule has 1 aromatic carbocycles. The third kappa shape index (κ3) is 3.97. The van der Waals surface area contributed by atoms with E-state index in [-0.39, 0.29) is 59.4 Å². The number of phenolic OH excluding ortho intramolecular Hbond substituents is 2. The normalized spacial score (nSPS) is 38.0. The van der Waals surface area contributed by atoms with Crippen molar-refractivity contribution < 1.29 is 35.4 Å². The standard InChI is InChI=1S/C28H35N5O8/c1-28-3-2-11-12-5-17(35)18(36)6-14(12)16(4-13(11)15(28)7-20(38)24(28)39)30-27-31-25-23(26(40)32-27)29-10-33(25)22-8-19(37)21(9-34)41-22/h5-6,10-11,13,15-16,19-22,24,34-39H,2-4,7-9H2,1H3,(H2,30,31,32,40)/t11-,13-,15+,16?,19+,20-,21-,22-,24+,28+/m1/s1. The highest BCUT2D eigenvalue weighted by molar-refractivity contribution is 5.71. The summed E-state index contributed by atoms with van der Waals surface area (Å²) in [5.74, 6) is -0.0910. The first-order chi connectivity index (χ1) is 19.6. The number of aromatic amines is 1. The Morgan fingerprint density at radius 3 is 2.61 bits per heavy atom. The summed E-state index contributed by atoms with van der Waals surface area (Å²) in [6.45, 7) is 1.70. The van der Waals surface area contributed by atoms with Crippen molar-refractivity contribution in [1.82, 2.24) is 19.5 Å². The summed E-state index contributed by atoms with van der Waals surface area (Å²) in [6.07, 6.45) is 0.325. The van der Waals surface area contributed by atoms with Crippen molar-refractivity contribution in [2.24, 2.45) is 17.3 Å². The maximum atomic E-state index is 13.0. The number of benzene rings is 1. The Labute approximate surface area is 234 Å². The number of fused-ring (bicyclic) bond motifs is 6. The molecule has 0 spiro atoms. The topological polar surface area (TPSA) is 206 Å². The first-order valence-electron chi connectivity index (χ1n) is 14.2. The van der Waals surface area contributed by atoms with E-state index in [0.717, 1.165) is 24.0 Å². The van der Waals surface area contributed by atoms with E-state index in [9.17, 15) is 35.4 Å². The Hall–Kier alpha value is -3.23. The molecule has 0 amide bonds. The highest BCUT2D eigenvalue weighted by Crippen LogP contribution is 2.62. The molecule has 1 aliphatic heterocycles. The van der Waals surface area contributed by atoms with Gasteiger partial charge in [-0.25, -0.2) is 4.98 Å². The predicted molar refractivity (Wildman–Crippen MR) is 144 cm³/mol. The van der Waals surface area contributed by atoms with E-state index in [0.29, 0.717) is 12.8 Å². The van der Waals surface area contributed by atoms with Crippen molar-refractivity contribution in [1.29, 1.82) is 0 Å². The Morgan fingerprint density at radius 1 is 1.12 bits per heavy atom. The molecule has 3 aliphatic carbocycles. The van der Waals surface area contributed by atoms with Gasteiger partial charge in [0.25, 0.3) is 5.56 Å². The van der Waals surface area contributed by atoms with Gasteiger partial charge in [-0.3, -0.25) is 14.3 Å². The predicted octanol–water partition coefficient (Wildman–Crippen LogP) is 0.970. The second kappa shape index (κ2) is 9.39. The summed E-state index contributed by atoms with van der Waals surface area (Å²) in [6, 6.07) is 2.75. The smallest absolute Gasteiger partial charge is 0.280 e. The van der Waals surface area contributed by atoms with Crippen molar-refractivity contribution in [2.75, 3.05) is 11.9 Å². The molecule has 7 rings (SSSR count). The Kier molecular flexibility index (Phi) is 6.11. The number of aliphatic hydroxyl groups is 4. The summed E-state index contributed by atoms with van der Waals surface area (Å²) in [5.41, 5.74) is 1.13. The van der Waals surface area contributed by atoms with E-state index in [1.54, 1.807) is 16.7 Å². The highest BCUT2D eigenvalue weighted by atomic mass is 16.5. The molecule has 3 heterocycles. The van der Waals surface area contributed by atoms with E-state index in [1.807, 2.05) is 6.92 Å². The number of nitrogens with zero attached hydrogens (tertiary/aromatic N) is 3. The average Bonchev–Trinajstić information content (AvgIpc) is 3.60. The zero-order valence-corrected chi connectivity index (χ0v) is 22.5. The van der Waals surface area contributed by atoms with Crippen LogP contribution in [0.15, 0.2) is 23.3 Å². The number of imidazole rings is 1. The summed E-state index contributed by atoms with van der Waals surface area (Å²) >= 11 is 0. The molecular weight excluding hydrogens is 534 g/mol. The highest BCUT2D eigenvalue weighted by Gasteiger charge is 2.58. The minimum absolute atomic E-state index is 0.0426. The minimum atomic E-state index is -0.869. The monoisotopic (exact) mass is 569 g/mol. The van der Waals surface area contributed by atoms with Gasteiger partial charge in [0.05, 0.1) is 37.3 Å². The number of ether oxygens (including phenoxy) is 1. The van der Waals surface area contributed by atoms with Gasteiger partial charge in [0.2, 0.25) is 5.95 Å². The van der Waals surface area contributed by atoms with Gasteiger partial charge in [0.15, 0.2) is 22.7 Å². The van der Waals surface area contributed by atoms with Gasteiger partial charge in [-0.1, -0.05) is 6.92 Å². The third-order valence-electron chi connectivity index (χ3n) is 10.3. The molecule has 220 valence electrons. The lowest BCUT2D eigenvalue weighted by atomic mass is 9.54. The number of hydrogen-bond acceptors (Lipinski definition) is 11. The van der Waals surface area contributed by atoms with Gasteiger partial charge in [0, 0.05) is 6.42 Å². The van der Waals surface area contributed by atoms with Gasteiger partial charge in [-0.2, -0.15) is 4.98 Å². The maximum absolute atomic E-state index is 13.0. The second-order valence-corrected chi connectivity index (χ2v) is 12.4. The summed E-state index contributed by atoms with van der Waals surface area (Å²) in [7, 11) is 0. The number of phenols is 2. The van der Waals surface area contributed by atoms with E-state index >= 15 is 0 Å². The van der Waals surface area contributed by atoms with Gasteiger partial charge in [0.1, 0.15) is 12.3 Å². The average molecular weight is 570 g/mol. The van der Waals surface area contributed by atoms with Gasteiger partial charge in [-0.15, -0.1) is 0 Å². The summed E-state index contributed by atoms with van der Waals surface area (Å²) in [4.78, 5) is 24.6. The number of hydrogen-bond donors (Lipinski definition) is 8. The van der Waals surface area contributed by atoms with E-state index in [4.69, 9.17) is 4.74 Å². The first kappa shape index (κ1) is 26.7. The Morgan fingerprint density at radius 2 is 1.88 bits per heavy atom. The van der Waals surface area contributed by atoms with E-state index in [2.05, 4.69) is 20.3 Å². The Balaban J connectivity index is 1.26. The quantitative estimate of drug-likeness (QED) is 0.208. The van der Waals surface area contributed by atoms with Crippen LogP contribution in [0.2, 0.25) is 0 Å². The van der Waals surface area contributed by atoms with Crippen molar-refractivity contribution in [3.05, 3.63) is 39.9 Å². The zero-order valence-electron chi connectivity index (χ0n) is 22.5. The molecule has 2 aromatic heterocycles. The fourth-order valence-corrected chi connectivity index (χ4v) is 8.18. The van der Waals surface area contributed by atoms with Gasteiger partial charge in [-0.05, 0) is 72.1 Å². The molecule has 10 atom stereocenters. The van der Waals surface area contributed by atoms with Gasteiger partial charge < -0.3 is 40.7 Å². The molecule has 3 fully saturated rings. The molecule has 4 aliphatic rings. The maximum Gasteiger partial charge on any atom is 0.280 e. The molecule has 3 aromatic rings. The molecule has 2 saturated carbocycles. The SMILES string of the molecule is C[C@]12CC[C@@H]3c4cc(O)c(O)cc4C(Nc4nc5c(ncn5[C@H]5C[C@H](O)[C@@H](CO)O5)c(=O)[nH]4)C[C@H]3[C@@H]1C[C@@H](O)[C@@H]2O. The van der Waals surface area contributed by atoms with Crippen molar-refractivity contribution in [3.63, 3.8) is 0 Å². The van der Waals surface area contributed by atoms with E-state index < -0.39 is 47.7 Å². The number of aromatic nitrogens is 4. The van der Waals surface area contributed by atoms with Crippen LogP contribution in [0.25, 0.3) is 11.2 Å². The lowest BCUT2D eigenvalue weighted by Crippen LogP contribution is -2.45. The van der Waals surface area contributed by atoms with Crippen LogP contribution in [-0.2, 0) is 4.74 Å². The van der Waals surface area contributed by atoms with Crippen LogP contribution in [0.1, 0.15) is 68.3 Å². The molecular formula is C28H35N5O8. The zero-order chi connectivity index (χ0) is 28.8. The van der Waals surface area contributed by atoms with Crippen LogP contribution in [0.5, 0.6) is 11.5 Å². The number of rotatable bonds is 4. The van der Waals surface area contributed by atoms with Crippen molar-refractivity contribution >= 4 is 17.1 Å². The summed E-state index contributed by atoms with van der Waals surface area (Å²) in [5, 5.41) is 65.3. The van der Waals surface area contributed by atoms with Crippen molar-refractivity contribution in [3.8, 4) is 11.5 Å². The number of H-pyrrole nitrogens is 1. The molecule has 41 heavy (non-hydrogen) atoms. The Bertz CT molecular complexity index is 1560. The van der Waals surface area contributed by atoms with Crippen LogP contribution >= 0.6 is 0 Å². The number of aromatic hydroxyl groups is 2. The van der Waals surface area contributed by atoms with Crippen LogP contribution in [-0.4, -0.2) is 81.2 Å². The fraction of sp³-hybridized carbons (Fsp3) is 0.607. The summed E-state index contributed by atoms with van der Waals surface area (Å²) < 4.78 is 7.33. The number of anilines is 1. The third-order valence-corrected chi connectivity index (χ3v) is 10.3. The molecule has 1 saturated heterocycles. The second-order valence-electron chi connectivity index (χ2n) is 12.4. The molecule has 13 heteroatoms. The van der Waals surface area contributed by atoms with Gasteiger partial charge >= 0.3 is 0 Å². The molecule has 13 nitrogen and oxygen atoms in total. The molecule has 8 N–H and O–H groups in total. The van der Waals surface area contributed by atoms with Crippen LogP contribution < -0.4 is 10.9 Å². The number of nitrogens with one attached hydrogen (secondary N) is 2. The first-order valence-corrected chi connectivity index (χ1v) is 14.2. The minimum Gasteiger partial charge on any atom is -0.504 e. The van der Waals surface area contributed by atoms with Crippen LogP contribution in [0, 0.1) is 17.3 Å². The number of aliphatic hydroxyl groups excluding tert-OH is 4.